The number of unbranched alkanes of at least 4 members (excludes halogenated alkanes) is 1. The second kappa shape index (κ2) is 6.92. The van der Waals surface area contributed by atoms with Crippen LogP contribution in [0.1, 0.15) is 32.1 Å². The lowest BCUT2D eigenvalue weighted by molar-refractivity contribution is 0.102. The van der Waals surface area contributed by atoms with Gasteiger partial charge in [-0.15, -0.1) is 0 Å². The van der Waals surface area contributed by atoms with Crippen LogP contribution in [0, 0.1) is 0 Å². The van der Waals surface area contributed by atoms with Crippen molar-refractivity contribution in [3.63, 3.8) is 0 Å². The highest BCUT2D eigenvalue weighted by Gasteiger charge is 2.14. The van der Waals surface area contributed by atoms with Gasteiger partial charge < -0.3 is 9.47 Å². The van der Waals surface area contributed by atoms with Crippen LogP contribution in [-0.2, 0) is 11.3 Å². The molecule has 1 aromatic heterocycles. The Balaban J connectivity index is 1.65. The Morgan fingerprint density at radius 1 is 1.41 bits per heavy atom. The molecule has 118 valence electrons. The molecule has 1 fully saturated rings. The average molecular weight is 302 g/mol. The van der Waals surface area contributed by atoms with Gasteiger partial charge in [0, 0.05) is 13.2 Å². The fourth-order valence-electron chi connectivity index (χ4n) is 2.95. The number of ether oxygens (including phenoxy) is 2. The largest absolute Gasteiger partial charge is 0.497 e. The van der Waals surface area contributed by atoms with Gasteiger partial charge in [0.1, 0.15) is 5.75 Å². The van der Waals surface area contributed by atoms with Crippen LogP contribution < -0.4 is 10.3 Å². The third-order valence-corrected chi connectivity index (χ3v) is 4.23. The minimum Gasteiger partial charge on any atom is -0.497 e. The molecule has 0 bridgehead atoms. The maximum Gasteiger partial charge on any atom is 0.261 e. The number of benzene rings is 1. The molecule has 22 heavy (non-hydrogen) atoms. The second-order valence-electron chi connectivity index (χ2n) is 5.76. The molecular formula is C17H22N2O3. The lowest BCUT2D eigenvalue weighted by Gasteiger charge is -2.10. The Kier molecular flexibility index (Phi) is 4.73. The summed E-state index contributed by atoms with van der Waals surface area (Å²) in [5.74, 6) is 0.683. The molecule has 2 heterocycles. The number of aryl methyl sites for hydroxylation is 1. The average Bonchev–Trinajstić information content (AvgIpc) is 3.06. The lowest BCUT2D eigenvalue weighted by atomic mass is 10.1. The molecule has 5 heteroatoms. The predicted molar refractivity (Wildman–Crippen MR) is 85.4 cm³/mol. The summed E-state index contributed by atoms with van der Waals surface area (Å²) in [4.78, 5) is 16.8. The summed E-state index contributed by atoms with van der Waals surface area (Å²) in [6, 6.07) is 5.39. The molecule has 0 radical (unpaired) electrons. The maximum atomic E-state index is 12.5. The van der Waals surface area contributed by atoms with Crippen molar-refractivity contribution < 1.29 is 9.47 Å². The summed E-state index contributed by atoms with van der Waals surface area (Å²) in [7, 11) is 1.60. The summed E-state index contributed by atoms with van der Waals surface area (Å²) < 4.78 is 12.5. The highest BCUT2D eigenvalue weighted by atomic mass is 16.5. The molecule has 1 aliphatic heterocycles. The highest BCUT2D eigenvalue weighted by molar-refractivity contribution is 5.78. The Morgan fingerprint density at radius 3 is 3.09 bits per heavy atom. The maximum absolute atomic E-state index is 12.5. The number of hydrogen-bond donors (Lipinski definition) is 0. The van der Waals surface area contributed by atoms with E-state index < -0.39 is 0 Å². The third kappa shape index (κ3) is 3.30. The van der Waals surface area contributed by atoms with Crippen molar-refractivity contribution >= 4 is 10.9 Å². The van der Waals surface area contributed by atoms with Crippen LogP contribution in [0.5, 0.6) is 5.75 Å². The van der Waals surface area contributed by atoms with Crippen LogP contribution in [0.3, 0.4) is 0 Å². The number of hydrogen-bond acceptors (Lipinski definition) is 4. The summed E-state index contributed by atoms with van der Waals surface area (Å²) in [6.45, 7) is 1.60. The molecule has 0 spiro atoms. The summed E-state index contributed by atoms with van der Waals surface area (Å²) >= 11 is 0. The van der Waals surface area contributed by atoms with Crippen LogP contribution in [0.15, 0.2) is 29.3 Å². The first-order valence-electron chi connectivity index (χ1n) is 7.93. The van der Waals surface area contributed by atoms with Crippen LogP contribution >= 0.6 is 0 Å². The van der Waals surface area contributed by atoms with Gasteiger partial charge in [0.05, 0.1) is 30.4 Å². The second-order valence-corrected chi connectivity index (χ2v) is 5.76. The van der Waals surface area contributed by atoms with E-state index in [1.165, 1.54) is 12.8 Å². The van der Waals surface area contributed by atoms with Crippen LogP contribution in [0.2, 0.25) is 0 Å². The summed E-state index contributed by atoms with van der Waals surface area (Å²) in [5, 5.41) is 0.612. The van der Waals surface area contributed by atoms with E-state index in [0.717, 1.165) is 25.9 Å². The normalized spacial score (nSPS) is 18.0. The molecule has 0 aliphatic carbocycles. The number of nitrogens with zero attached hydrogens (tertiary/aromatic N) is 2. The van der Waals surface area contributed by atoms with Crippen LogP contribution in [0.4, 0.5) is 0 Å². The third-order valence-electron chi connectivity index (χ3n) is 4.23. The van der Waals surface area contributed by atoms with Crippen molar-refractivity contribution in [1.82, 2.24) is 9.55 Å². The zero-order chi connectivity index (χ0) is 15.4. The Morgan fingerprint density at radius 2 is 2.32 bits per heavy atom. The first kappa shape index (κ1) is 15.0. The molecule has 0 saturated carbocycles. The Labute approximate surface area is 129 Å². The Bertz CT molecular complexity index is 690. The van der Waals surface area contributed by atoms with Crippen molar-refractivity contribution in [3.05, 3.63) is 34.9 Å². The quantitative estimate of drug-likeness (QED) is 0.770. The SMILES string of the molecule is COc1ccc2ncn(CCCC[C@H]3CCCO3)c(=O)c2c1. The van der Waals surface area contributed by atoms with Crippen LogP contribution in [0.25, 0.3) is 10.9 Å². The van der Waals surface area contributed by atoms with Crippen molar-refractivity contribution in [1.29, 1.82) is 0 Å². The first-order chi connectivity index (χ1) is 10.8. The van der Waals surface area contributed by atoms with Gasteiger partial charge in [0.15, 0.2) is 0 Å². The zero-order valence-electron chi connectivity index (χ0n) is 13.0. The van der Waals surface area contributed by atoms with E-state index in [1.807, 2.05) is 12.1 Å². The fourth-order valence-corrected chi connectivity index (χ4v) is 2.95. The zero-order valence-corrected chi connectivity index (χ0v) is 13.0. The lowest BCUT2D eigenvalue weighted by Crippen LogP contribution is -2.21. The highest BCUT2D eigenvalue weighted by Crippen LogP contribution is 2.18. The van der Waals surface area contributed by atoms with E-state index in [4.69, 9.17) is 9.47 Å². The van der Waals surface area contributed by atoms with Gasteiger partial charge in [0.2, 0.25) is 0 Å². The van der Waals surface area contributed by atoms with Crippen molar-refractivity contribution in [3.8, 4) is 5.75 Å². The monoisotopic (exact) mass is 302 g/mol. The van der Waals surface area contributed by atoms with Gasteiger partial charge in [-0.05, 0) is 50.3 Å². The standard InChI is InChI=1S/C17H22N2O3/c1-21-14-7-8-16-15(11-14)17(20)19(12-18-16)9-3-2-5-13-6-4-10-22-13/h7-8,11-13H,2-6,9-10H2,1H3/t13-/m0/s1. The molecule has 0 unspecified atom stereocenters. The molecule has 2 aromatic rings. The van der Waals surface area contributed by atoms with E-state index in [0.29, 0.717) is 29.3 Å². The number of methoxy groups -OCH3 is 1. The van der Waals surface area contributed by atoms with Gasteiger partial charge in [-0.3, -0.25) is 9.36 Å². The van der Waals surface area contributed by atoms with Gasteiger partial charge in [0.25, 0.3) is 5.56 Å². The van der Waals surface area contributed by atoms with Gasteiger partial charge >= 0.3 is 0 Å². The minimum absolute atomic E-state index is 0.000941. The molecule has 1 saturated heterocycles. The number of rotatable bonds is 6. The van der Waals surface area contributed by atoms with E-state index >= 15 is 0 Å². The van der Waals surface area contributed by atoms with E-state index in [1.54, 1.807) is 24.1 Å². The molecule has 1 aliphatic rings. The molecule has 0 amide bonds. The predicted octanol–water partition coefficient (Wildman–Crippen LogP) is 2.75. The summed E-state index contributed by atoms with van der Waals surface area (Å²) in [5.41, 5.74) is 0.711. The van der Waals surface area contributed by atoms with Crippen LogP contribution in [-0.4, -0.2) is 29.4 Å². The first-order valence-corrected chi connectivity index (χ1v) is 7.93. The van der Waals surface area contributed by atoms with Crippen molar-refractivity contribution in [2.75, 3.05) is 13.7 Å². The minimum atomic E-state index is 0.000941. The van der Waals surface area contributed by atoms with Gasteiger partial charge in [-0.25, -0.2) is 4.98 Å². The summed E-state index contributed by atoms with van der Waals surface area (Å²) in [6.07, 6.45) is 7.56. The molecule has 0 N–H and O–H groups in total. The van der Waals surface area contributed by atoms with Crippen molar-refractivity contribution in [2.24, 2.45) is 0 Å². The van der Waals surface area contributed by atoms with Gasteiger partial charge in [-0.2, -0.15) is 0 Å². The van der Waals surface area contributed by atoms with E-state index in [9.17, 15) is 4.79 Å². The molecule has 5 nitrogen and oxygen atoms in total. The number of fused-ring (bicyclic) bond motifs is 1. The topological polar surface area (TPSA) is 53.4 Å². The number of aromatic nitrogens is 2. The Hall–Kier alpha value is -1.88. The molecular weight excluding hydrogens is 280 g/mol. The molecule has 3 rings (SSSR count). The van der Waals surface area contributed by atoms with Gasteiger partial charge in [-0.1, -0.05) is 0 Å². The fraction of sp³-hybridized carbons (Fsp3) is 0.529. The molecule has 1 aromatic carbocycles. The van der Waals surface area contributed by atoms with E-state index in [2.05, 4.69) is 4.98 Å². The smallest absolute Gasteiger partial charge is 0.261 e. The van der Waals surface area contributed by atoms with Crippen molar-refractivity contribution in [2.45, 2.75) is 44.8 Å². The van der Waals surface area contributed by atoms with E-state index in [-0.39, 0.29) is 5.56 Å². The molecule has 1 atom stereocenters.